The number of rotatable bonds is 6. The average Bonchev–Trinajstić information content (AvgIpc) is 2.73. The number of carbonyl (C=O) groups excluding carboxylic acids is 2. The molecule has 0 atom stereocenters. The van der Waals surface area contributed by atoms with Gasteiger partial charge in [-0.3, -0.25) is 19.7 Å². The van der Waals surface area contributed by atoms with Crippen molar-refractivity contribution in [3.8, 4) is 0 Å². The van der Waals surface area contributed by atoms with E-state index in [1.54, 1.807) is 23.1 Å². The van der Waals surface area contributed by atoms with Gasteiger partial charge in [-0.05, 0) is 24.8 Å². The molecule has 1 aromatic carbocycles. The van der Waals surface area contributed by atoms with E-state index in [9.17, 15) is 19.7 Å². The number of carbonyl (C=O) groups is 2. The number of piperazine rings is 1. The van der Waals surface area contributed by atoms with Crippen molar-refractivity contribution in [2.45, 2.75) is 38.5 Å². The van der Waals surface area contributed by atoms with Crippen LogP contribution in [0.3, 0.4) is 0 Å². The molecule has 1 N–H and O–H groups in total. The number of nitro benzene ring substituents is 1. The number of hydrogen-bond acceptors (Lipinski definition) is 5. The molecule has 0 unspecified atom stereocenters. The van der Waals surface area contributed by atoms with E-state index in [0.717, 1.165) is 12.8 Å². The summed E-state index contributed by atoms with van der Waals surface area (Å²) < 4.78 is 0. The molecule has 1 saturated heterocycles. The minimum Gasteiger partial charge on any atom is -0.362 e. The molecule has 1 aliphatic heterocycles. The second kappa shape index (κ2) is 9.52. The fourth-order valence-corrected chi connectivity index (χ4v) is 4.09. The zero-order chi connectivity index (χ0) is 19.9. The van der Waals surface area contributed by atoms with Crippen molar-refractivity contribution >= 4 is 23.2 Å². The van der Waals surface area contributed by atoms with Gasteiger partial charge in [0.15, 0.2) is 0 Å². The van der Waals surface area contributed by atoms with Gasteiger partial charge in [0, 0.05) is 38.7 Å². The van der Waals surface area contributed by atoms with Crippen molar-refractivity contribution < 1.29 is 14.5 Å². The molecule has 2 aliphatic rings. The third kappa shape index (κ3) is 5.21. The molecule has 2 amide bonds. The van der Waals surface area contributed by atoms with Gasteiger partial charge in [-0.15, -0.1) is 0 Å². The van der Waals surface area contributed by atoms with Crippen LogP contribution in [-0.4, -0.2) is 54.4 Å². The van der Waals surface area contributed by atoms with Gasteiger partial charge >= 0.3 is 0 Å². The molecule has 1 saturated carbocycles. The van der Waals surface area contributed by atoms with Crippen LogP contribution in [-0.2, 0) is 9.59 Å². The summed E-state index contributed by atoms with van der Waals surface area (Å²) in [5, 5.41) is 14.0. The van der Waals surface area contributed by atoms with Gasteiger partial charge in [0.25, 0.3) is 5.69 Å². The summed E-state index contributed by atoms with van der Waals surface area (Å²) in [6.45, 7) is 2.07. The predicted molar refractivity (Wildman–Crippen MR) is 106 cm³/mol. The first-order chi connectivity index (χ1) is 13.5. The largest absolute Gasteiger partial charge is 0.362 e. The van der Waals surface area contributed by atoms with Gasteiger partial charge in [-0.2, -0.15) is 0 Å². The van der Waals surface area contributed by atoms with Crippen molar-refractivity contribution in [3.63, 3.8) is 0 Å². The monoisotopic (exact) mass is 388 g/mol. The number of amides is 2. The highest BCUT2D eigenvalue weighted by Crippen LogP contribution is 2.28. The second-order valence-electron chi connectivity index (χ2n) is 7.60. The maximum absolute atomic E-state index is 12.4. The normalized spacial score (nSPS) is 18.0. The molecule has 0 radical (unpaired) electrons. The Morgan fingerprint density at radius 1 is 1.07 bits per heavy atom. The number of nitro groups is 1. The molecular formula is C20H28N4O4. The van der Waals surface area contributed by atoms with Gasteiger partial charge in [-0.1, -0.05) is 31.4 Å². The summed E-state index contributed by atoms with van der Waals surface area (Å²) in [7, 11) is 0. The molecule has 0 spiro atoms. The molecule has 0 bridgehead atoms. The second-order valence-corrected chi connectivity index (χ2v) is 7.60. The molecule has 8 heteroatoms. The molecule has 1 aliphatic carbocycles. The fraction of sp³-hybridized carbons (Fsp3) is 0.600. The summed E-state index contributed by atoms with van der Waals surface area (Å²) >= 11 is 0. The Bertz CT molecular complexity index is 710. The number of para-hydroxylation sites is 2. The standard InChI is InChI=1S/C20H28N4O4/c25-19(14-16-6-2-1-3-7-16)21-15-20(26)23-12-10-22(11-13-23)17-8-4-5-9-18(17)24(27)28/h4-5,8-9,16H,1-3,6-7,10-15H2,(H,21,25). The molecule has 28 heavy (non-hydrogen) atoms. The number of nitrogens with one attached hydrogen (secondary N) is 1. The van der Waals surface area contributed by atoms with Crippen molar-refractivity contribution in [3.05, 3.63) is 34.4 Å². The Labute approximate surface area is 165 Å². The van der Waals surface area contributed by atoms with Gasteiger partial charge in [0.1, 0.15) is 5.69 Å². The van der Waals surface area contributed by atoms with E-state index in [0.29, 0.717) is 44.2 Å². The highest BCUT2D eigenvalue weighted by atomic mass is 16.6. The van der Waals surface area contributed by atoms with Crippen LogP contribution < -0.4 is 10.2 Å². The van der Waals surface area contributed by atoms with Crippen LogP contribution in [0, 0.1) is 16.0 Å². The highest BCUT2D eigenvalue weighted by Gasteiger charge is 2.25. The first-order valence-electron chi connectivity index (χ1n) is 10.1. The smallest absolute Gasteiger partial charge is 0.292 e. The third-order valence-electron chi connectivity index (χ3n) is 5.69. The van der Waals surface area contributed by atoms with E-state index in [1.165, 1.54) is 25.3 Å². The molecule has 1 heterocycles. The first kappa shape index (κ1) is 20.1. The van der Waals surface area contributed by atoms with Gasteiger partial charge in [0.05, 0.1) is 11.5 Å². The lowest BCUT2D eigenvalue weighted by Crippen LogP contribution is -2.51. The molecule has 0 aromatic heterocycles. The lowest BCUT2D eigenvalue weighted by molar-refractivity contribution is -0.384. The summed E-state index contributed by atoms with van der Waals surface area (Å²) in [6.07, 6.45) is 6.37. The van der Waals surface area contributed by atoms with Crippen LogP contribution in [0.15, 0.2) is 24.3 Å². The zero-order valence-electron chi connectivity index (χ0n) is 16.1. The predicted octanol–water partition coefficient (Wildman–Crippen LogP) is 2.33. The van der Waals surface area contributed by atoms with Crippen molar-refractivity contribution in [1.82, 2.24) is 10.2 Å². The van der Waals surface area contributed by atoms with Crippen LogP contribution in [0.2, 0.25) is 0 Å². The van der Waals surface area contributed by atoms with Gasteiger partial charge < -0.3 is 15.1 Å². The van der Waals surface area contributed by atoms with E-state index >= 15 is 0 Å². The molecule has 8 nitrogen and oxygen atoms in total. The van der Waals surface area contributed by atoms with E-state index in [1.807, 2.05) is 4.90 Å². The van der Waals surface area contributed by atoms with E-state index in [4.69, 9.17) is 0 Å². The maximum Gasteiger partial charge on any atom is 0.292 e. The molecular weight excluding hydrogens is 360 g/mol. The summed E-state index contributed by atoms with van der Waals surface area (Å²) in [5.41, 5.74) is 0.664. The Kier molecular flexibility index (Phi) is 6.84. The Morgan fingerprint density at radius 2 is 1.75 bits per heavy atom. The molecule has 2 fully saturated rings. The van der Waals surface area contributed by atoms with E-state index < -0.39 is 0 Å². The average molecular weight is 388 g/mol. The third-order valence-corrected chi connectivity index (χ3v) is 5.69. The number of nitrogens with zero attached hydrogens (tertiary/aromatic N) is 3. The zero-order valence-corrected chi connectivity index (χ0v) is 16.1. The molecule has 152 valence electrons. The highest BCUT2D eigenvalue weighted by molar-refractivity contribution is 5.85. The van der Waals surface area contributed by atoms with Gasteiger partial charge in [-0.25, -0.2) is 0 Å². The summed E-state index contributed by atoms with van der Waals surface area (Å²) in [6, 6.07) is 6.66. The van der Waals surface area contributed by atoms with Crippen LogP contribution in [0.4, 0.5) is 11.4 Å². The Hall–Kier alpha value is -2.64. The number of hydrogen-bond donors (Lipinski definition) is 1. The fourth-order valence-electron chi connectivity index (χ4n) is 4.09. The van der Waals surface area contributed by atoms with Crippen molar-refractivity contribution in [2.75, 3.05) is 37.6 Å². The topological polar surface area (TPSA) is 95.8 Å². The molecule has 1 aromatic rings. The van der Waals surface area contributed by atoms with Gasteiger partial charge in [0.2, 0.25) is 11.8 Å². The van der Waals surface area contributed by atoms with E-state index in [-0.39, 0.29) is 29.0 Å². The number of benzene rings is 1. The Balaban J connectivity index is 1.44. The van der Waals surface area contributed by atoms with Crippen LogP contribution in [0.25, 0.3) is 0 Å². The first-order valence-corrected chi connectivity index (χ1v) is 10.1. The minimum absolute atomic E-state index is 0.0248. The van der Waals surface area contributed by atoms with Crippen molar-refractivity contribution in [2.24, 2.45) is 5.92 Å². The molecule has 3 rings (SSSR count). The number of anilines is 1. The SMILES string of the molecule is O=C(CC1CCCCC1)NCC(=O)N1CCN(c2ccccc2[N+](=O)[O-])CC1. The van der Waals surface area contributed by atoms with Crippen molar-refractivity contribution in [1.29, 1.82) is 0 Å². The van der Waals surface area contributed by atoms with Crippen LogP contribution >= 0.6 is 0 Å². The summed E-state index contributed by atoms with van der Waals surface area (Å²) in [4.78, 5) is 39.0. The summed E-state index contributed by atoms with van der Waals surface area (Å²) in [5.74, 6) is 0.312. The minimum atomic E-state index is -0.380. The Morgan fingerprint density at radius 3 is 2.43 bits per heavy atom. The van der Waals surface area contributed by atoms with Crippen LogP contribution in [0.1, 0.15) is 38.5 Å². The lowest BCUT2D eigenvalue weighted by atomic mass is 9.87. The van der Waals surface area contributed by atoms with E-state index in [2.05, 4.69) is 5.32 Å². The lowest BCUT2D eigenvalue weighted by Gasteiger charge is -2.35. The van der Waals surface area contributed by atoms with Crippen LogP contribution in [0.5, 0.6) is 0 Å². The quantitative estimate of drug-likeness (QED) is 0.596. The maximum atomic E-state index is 12.4.